The molecular weight excluding hydrogens is 394 g/mol. The smallest absolute Gasteiger partial charge is 0.252 e. The first kappa shape index (κ1) is 20.1. The molecule has 1 amide bonds. The lowest BCUT2D eigenvalue weighted by molar-refractivity contribution is -0.121. The van der Waals surface area contributed by atoms with E-state index in [0.717, 1.165) is 11.6 Å². The Morgan fingerprint density at radius 1 is 1.30 bits per heavy atom. The van der Waals surface area contributed by atoms with Crippen LogP contribution in [-0.4, -0.2) is 34.1 Å². The second-order valence-corrected chi connectivity index (χ2v) is 7.42. The number of hydrogen-bond donors (Lipinski definition) is 2. The Labute approximate surface area is 170 Å². The highest BCUT2D eigenvalue weighted by atomic mass is 19.2. The first-order valence-corrected chi connectivity index (χ1v) is 9.53. The molecule has 7 nitrogen and oxygen atoms in total. The van der Waals surface area contributed by atoms with Crippen molar-refractivity contribution in [2.45, 2.75) is 32.2 Å². The lowest BCUT2D eigenvalue weighted by Gasteiger charge is -2.25. The van der Waals surface area contributed by atoms with Crippen LogP contribution in [-0.2, 0) is 16.0 Å². The van der Waals surface area contributed by atoms with E-state index in [4.69, 9.17) is 4.74 Å². The van der Waals surface area contributed by atoms with Crippen LogP contribution in [0, 0.1) is 18.6 Å². The Hall–Kier alpha value is -3.20. The predicted molar refractivity (Wildman–Crippen MR) is 105 cm³/mol. The van der Waals surface area contributed by atoms with Gasteiger partial charge < -0.3 is 15.0 Å². The number of hydrogen-bond acceptors (Lipinski definition) is 5. The first-order valence-electron chi connectivity index (χ1n) is 9.53. The van der Waals surface area contributed by atoms with Gasteiger partial charge in [-0.15, -0.1) is 0 Å². The Morgan fingerprint density at radius 3 is 2.63 bits per heavy atom. The maximum Gasteiger partial charge on any atom is 0.252 e. The number of nitrogens with zero attached hydrogens (tertiary/aromatic N) is 2. The average molecular weight is 414 g/mol. The van der Waals surface area contributed by atoms with Gasteiger partial charge in [-0.3, -0.25) is 9.59 Å². The van der Waals surface area contributed by atoms with Crippen molar-refractivity contribution in [3.8, 4) is 0 Å². The molecule has 1 saturated heterocycles. The number of pyridine rings is 1. The summed E-state index contributed by atoms with van der Waals surface area (Å²) in [5.41, 5.74) is 0.961. The van der Waals surface area contributed by atoms with E-state index in [0.29, 0.717) is 25.0 Å². The van der Waals surface area contributed by atoms with Crippen LogP contribution in [0.2, 0.25) is 0 Å². The van der Waals surface area contributed by atoms with E-state index >= 15 is 0 Å². The van der Waals surface area contributed by atoms with Gasteiger partial charge in [0.15, 0.2) is 11.6 Å². The summed E-state index contributed by atoms with van der Waals surface area (Å²) >= 11 is 0. The summed E-state index contributed by atoms with van der Waals surface area (Å²) in [6, 6.07) is 1.76. The van der Waals surface area contributed by atoms with Crippen LogP contribution in [0.3, 0.4) is 0 Å². The van der Waals surface area contributed by atoms with Crippen molar-refractivity contribution in [1.29, 1.82) is 0 Å². The Morgan fingerprint density at radius 2 is 2.00 bits per heavy atom. The number of aromatic amines is 1. The molecule has 0 aliphatic carbocycles. The molecule has 30 heavy (non-hydrogen) atoms. The van der Waals surface area contributed by atoms with E-state index in [9.17, 15) is 18.4 Å². The third-order valence-corrected chi connectivity index (χ3v) is 5.35. The summed E-state index contributed by atoms with van der Waals surface area (Å²) in [6.07, 6.45) is 3.15. The molecule has 0 saturated carbocycles. The summed E-state index contributed by atoms with van der Waals surface area (Å²) in [7, 11) is 0. The van der Waals surface area contributed by atoms with Gasteiger partial charge in [0, 0.05) is 29.3 Å². The zero-order chi connectivity index (χ0) is 21.4. The molecule has 1 aliphatic heterocycles. The van der Waals surface area contributed by atoms with E-state index in [1.54, 1.807) is 19.3 Å². The molecular formula is C21H20F2N4O3. The van der Waals surface area contributed by atoms with E-state index in [1.165, 1.54) is 13.0 Å². The summed E-state index contributed by atoms with van der Waals surface area (Å²) in [5, 5.41) is 2.70. The lowest BCUT2D eigenvalue weighted by atomic mass is 10.0. The number of amides is 1. The van der Waals surface area contributed by atoms with Gasteiger partial charge in [0.2, 0.25) is 5.91 Å². The predicted octanol–water partition coefficient (Wildman–Crippen LogP) is 2.44. The third kappa shape index (κ3) is 3.68. The number of aromatic nitrogens is 3. The van der Waals surface area contributed by atoms with Crippen molar-refractivity contribution >= 4 is 16.8 Å². The number of H-pyrrole nitrogens is 1. The fourth-order valence-corrected chi connectivity index (χ4v) is 3.48. The van der Waals surface area contributed by atoms with Crippen molar-refractivity contribution in [1.82, 2.24) is 20.3 Å². The second-order valence-electron chi connectivity index (χ2n) is 7.42. The Kier molecular flexibility index (Phi) is 5.29. The second kappa shape index (κ2) is 7.91. The fraction of sp³-hybridized carbons (Fsp3) is 0.333. The zero-order valence-corrected chi connectivity index (χ0v) is 16.5. The minimum atomic E-state index is -1.05. The number of rotatable bonds is 5. The summed E-state index contributed by atoms with van der Waals surface area (Å²) in [4.78, 5) is 36.0. The van der Waals surface area contributed by atoms with Crippen LogP contribution in [0.15, 0.2) is 29.3 Å². The van der Waals surface area contributed by atoms with E-state index in [1.807, 2.05) is 0 Å². The molecule has 9 heteroatoms. The molecule has 1 atom stereocenters. The van der Waals surface area contributed by atoms with Crippen LogP contribution < -0.4 is 10.9 Å². The van der Waals surface area contributed by atoms with Crippen LogP contribution >= 0.6 is 0 Å². The maximum atomic E-state index is 14.2. The Bertz CT molecular complexity index is 1170. The Balaban J connectivity index is 1.51. The molecule has 0 spiro atoms. The SMILES string of the molecule is Cc1c(CC(=O)NC(C)c2ncc(C3COC3)cn2)c(=O)[nH]c2ccc(F)c(F)c12. The molecule has 156 valence electrons. The number of aryl methyl sites for hydroxylation is 1. The van der Waals surface area contributed by atoms with Crippen LogP contribution in [0.25, 0.3) is 10.9 Å². The van der Waals surface area contributed by atoms with E-state index in [2.05, 4.69) is 20.3 Å². The topological polar surface area (TPSA) is 97.0 Å². The monoisotopic (exact) mass is 414 g/mol. The number of halogens is 2. The molecule has 0 bridgehead atoms. The standard InChI is InChI=1S/C21H20F2N4O3/c1-10-14(21(29)27-16-4-3-15(22)19(23)18(10)16)5-17(28)26-11(2)20-24-6-12(7-25-20)13-8-30-9-13/h3-4,6-7,11,13H,5,8-9H2,1-2H3,(H,26,28)(H,27,29). The maximum absolute atomic E-state index is 14.2. The highest BCUT2D eigenvalue weighted by molar-refractivity contribution is 5.86. The molecule has 3 heterocycles. The minimum Gasteiger partial charge on any atom is -0.380 e. The molecule has 2 N–H and O–H groups in total. The molecule has 2 aromatic heterocycles. The van der Waals surface area contributed by atoms with Crippen LogP contribution in [0.5, 0.6) is 0 Å². The van der Waals surface area contributed by atoms with Crippen LogP contribution in [0.1, 0.15) is 41.4 Å². The molecule has 0 radical (unpaired) electrons. The average Bonchev–Trinajstić information content (AvgIpc) is 2.67. The van der Waals surface area contributed by atoms with Gasteiger partial charge >= 0.3 is 0 Å². The minimum absolute atomic E-state index is 0.0376. The van der Waals surface area contributed by atoms with Gasteiger partial charge in [-0.05, 0) is 37.1 Å². The van der Waals surface area contributed by atoms with Gasteiger partial charge in [0.1, 0.15) is 5.82 Å². The molecule has 1 aromatic carbocycles. The van der Waals surface area contributed by atoms with Gasteiger partial charge in [-0.1, -0.05) is 0 Å². The highest BCUT2D eigenvalue weighted by Crippen LogP contribution is 2.24. The van der Waals surface area contributed by atoms with Gasteiger partial charge in [-0.25, -0.2) is 18.7 Å². The number of fused-ring (bicyclic) bond motifs is 1. The number of carbonyl (C=O) groups excluding carboxylic acids is 1. The third-order valence-electron chi connectivity index (χ3n) is 5.35. The zero-order valence-electron chi connectivity index (χ0n) is 16.5. The number of ether oxygens (including phenoxy) is 1. The van der Waals surface area contributed by atoms with Crippen molar-refractivity contribution in [3.05, 3.63) is 69.0 Å². The van der Waals surface area contributed by atoms with Crippen molar-refractivity contribution in [2.24, 2.45) is 0 Å². The lowest BCUT2D eigenvalue weighted by Crippen LogP contribution is -2.32. The summed E-state index contributed by atoms with van der Waals surface area (Å²) < 4.78 is 33.0. The largest absolute Gasteiger partial charge is 0.380 e. The quantitative estimate of drug-likeness (QED) is 0.669. The van der Waals surface area contributed by atoms with E-state index < -0.39 is 29.1 Å². The molecule has 1 unspecified atom stereocenters. The van der Waals surface area contributed by atoms with Gasteiger partial charge in [-0.2, -0.15) is 0 Å². The fourth-order valence-electron chi connectivity index (χ4n) is 3.48. The van der Waals surface area contributed by atoms with Crippen molar-refractivity contribution < 1.29 is 18.3 Å². The van der Waals surface area contributed by atoms with Gasteiger partial charge in [0.05, 0.1) is 31.2 Å². The van der Waals surface area contributed by atoms with Crippen molar-refractivity contribution in [2.75, 3.05) is 13.2 Å². The molecule has 1 aliphatic rings. The summed E-state index contributed by atoms with van der Waals surface area (Å²) in [6.45, 7) is 4.53. The van der Waals surface area contributed by atoms with E-state index in [-0.39, 0.29) is 28.5 Å². The normalized spacial score (nSPS) is 15.1. The molecule has 4 rings (SSSR count). The highest BCUT2D eigenvalue weighted by Gasteiger charge is 2.22. The van der Waals surface area contributed by atoms with Crippen LogP contribution in [0.4, 0.5) is 8.78 Å². The molecule has 3 aromatic rings. The number of benzene rings is 1. The van der Waals surface area contributed by atoms with Crippen molar-refractivity contribution in [3.63, 3.8) is 0 Å². The summed E-state index contributed by atoms with van der Waals surface area (Å²) in [5.74, 6) is -1.79. The van der Waals surface area contributed by atoms with Gasteiger partial charge in [0.25, 0.3) is 5.56 Å². The number of nitrogens with one attached hydrogen (secondary N) is 2. The number of carbonyl (C=O) groups is 1. The first-order chi connectivity index (χ1) is 14.3. The molecule has 1 fully saturated rings.